The summed E-state index contributed by atoms with van der Waals surface area (Å²) in [5.41, 5.74) is 3.98. The normalized spacial score (nSPS) is 15.9. The summed E-state index contributed by atoms with van der Waals surface area (Å²) in [6, 6.07) is 8.74. The van der Waals surface area contributed by atoms with Crippen LogP contribution in [0.1, 0.15) is 54.4 Å². The molecule has 2 amide bonds. The Morgan fingerprint density at radius 3 is 2.42 bits per heavy atom. The number of fused-ring (bicyclic) bond motifs is 1. The van der Waals surface area contributed by atoms with Crippen molar-refractivity contribution >= 4 is 23.6 Å². The molecule has 0 atom stereocenters. The highest BCUT2D eigenvalue weighted by molar-refractivity contribution is 5.98. The van der Waals surface area contributed by atoms with Gasteiger partial charge in [-0.3, -0.25) is 9.59 Å². The number of aryl methyl sites for hydroxylation is 2. The molecule has 1 aromatic heterocycles. The predicted octanol–water partition coefficient (Wildman–Crippen LogP) is 2.86. The summed E-state index contributed by atoms with van der Waals surface area (Å²) in [5.74, 6) is 1.37. The first kappa shape index (κ1) is 23.0. The number of rotatable bonds is 7. The molecule has 3 heterocycles. The average Bonchev–Trinajstić information content (AvgIpc) is 3.15. The predicted molar refractivity (Wildman–Crippen MR) is 129 cm³/mol. The second kappa shape index (κ2) is 9.77. The molecule has 1 aromatic carbocycles. The number of hydrogen-bond acceptors (Lipinski definition) is 6. The number of piperazine rings is 1. The Kier molecular flexibility index (Phi) is 6.81. The van der Waals surface area contributed by atoms with Crippen LogP contribution in [-0.4, -0.2) is 70.3 Å². The van der Waals surface area contributed by atoms with E-state index in [1.807, 2.05) is 23.6 Å². The molecule has 0 spiro atoms. The Morgan fingerprint density at radius 2 is 1.79 bits per heavy atom. The van der Waals surface area contributed by atoms with Crippen LogP contribution in [-0.2, 0) is 17.8 Å². The smallest absolute Gasteiger partial charge is 0.273 e. The van der Waals surface area contributed by atoms with Gasteiger partial charge in [0.25, 0.3) is 5.91 Å². The number of carbonyl (C=O) groups excluding carboxylic acids is 2. The number of nitrogens with one attached hydrogen (secondary N) is 1. The van der Waals surface area contributed by atoms with E-state index in [1.54, 1.807) is 6.92 Å². The Hall–Kier alpha value is -3.16. The van der Waals surface area contributed by atoms with Gasteiger partial charge in [-0.15, -0.1) is 0 Å². The van der Waals surface area contributed by atoms with Crippen LogP contribution in [0.4, 0.5) is 11.8 Å². The zero-order valence-corrected chi connectivity index (χ0v) is 20.1. The minimum atomic E-state index is -0.0336. The highest BCUT2D eigenvalue weighted by Crippen LogP contribution is 2.30. The molecule has 1 fully saturated rings. The maximum Gasteiger partial charge on any atom is 0.273 e. The van der Waals surface area contributed by atoms with Crippen molar-refractivity contribution in [2.24, 2.45) is 0 Å². The van der Waals surface area contributed by atoms with Gasteiger partial charge in [-0.25, -0.2) is 4.98 Å². The molecule has 1 N–H and O–H groups in total. The van der Waals surface area contributed by atoms with Crippen LogP contribution in [0.5, 0.6) is 0 Å². The van der Waals surface area contributed by atoms with E-state index in [4.69, 9.17) is 4.98 Å². The van der Waals surface area contributed by atoms with E-state index in [1.165, 1.54) is 11.1 Å². The minimum absolute atomic E-state index is 0.0336. The first-order valence-electron chi connectivity index (χ1n) is 11.8. The molecule has 4 rings (SSSR count). The summed E-state index contributed by atoms with van der Waals surface area (Å²) in [4.78, 5) is 40.0. The lowest BCUT2D eigenvalue weighted by atomic mass is 10.1. The summed E-state index contributed by atoms with van der Waals surface area (Å²) >= 11 is 0. The zero-order chi connectivity index (χ0) is 23.5. The minimum Gasteiger partial charge on any atom is -0.370 e. The Morgan fingerprint density at radius 1 is 1.09 bits per heavy atom. The Labute approximate surface area is 196 Å². The number of nitrogens with zero attached hydrogens (tertiary/aromatic N) is 5. The van der Waals surface area contributed by atoms with Crippen LogP contribution < -0.4 is 10.2 Å². The van der Waals surface area contributed by atoms with Gasteiger partial charge in [0.05, 0.1) is 6.54 Å². The van der Waals surface area contributed by atoms with Gasteiger partial charge in [-0.2, -0.15) is 4.98 Å². The van der Waals surface area contributed by atoms with Gasteiger partial charge in [0.15, 0.2) is 0 Å². The highest BCUT2D eigenvalue weighted by atomic mass is 16.2. The maximum absolute atomic E-state index is 13.0. The van der Waals surface area contributed by atoms with Crippen LogP contribution in [0, 0.1) is 6.92 Å². The summed E-state index contributed by atoms with van der Waals surface area (Å²) in [5, 5.41) is 3.49. The molecule has 0 saturated carbocycles. The molecule has 0 unspecified atom stereocenters. The summed E-state index contributed by atoms with van der Waals surface area (Å²) in [6.07, 6.45) is 1.95. The number of anilines is 2. The molecule has 2 aliphatic rings. The van der Waals surface area contributed by atoms with Gasteiger partial charge in [0.1, 0.15) is 11.5 Å². The van der Waals surface area contributed by atoms with Crippen molar-refractivity contribution in [1.82, 2.24) is 19.8 Å². The zero-order valence-electron chi connectivity index (χ0n) is 20.1. The topological polar surface area (TPSA) is 81.7 Å². The van der Waals surface area contributed by atoms with Crippen LogP contribution in [0.15, 0.2) is 24.3 Å². The van der Waals surface area contributed by atoms with E-state index in [9.17, 15) is 9.59 Å². The number of benzene rings is 1. The fraction of sp³-hybridized carbons (Fsp3) is 0.520. The molecule has 2 aromatic rings. The van der Waals surface area contributed by atoms with Crippen LogP contribution >= 0.6 is 0 Å². The standard InChI is InChI=1S/C25H34N6O2/c1-17(2)31-16-21-22(24(31)33)27-25(30-14-12-29(13-15-30)19(4)32)28-23(21)26-11-5-6-20-9-7-18(3)8-10-20/h7-10,17H,5-6,11-16H2,1-4H3,(H,26,27,28). The Balaban J connectivity index is 1.50. The second-order valence-corrected chi connectivity index (χ2v) is 9.24. The van der Waals surface area contributed by atoms with Crippen LogP contribution in [0.2, 0.25) is 0 Å². The van der Waals surface area contributed by atoms with Crippen LogP contribution in [0.25, 0.3) is 0 Å². The number of carbonyl (C=O) groups is 2. The molecular weight excluding hydrogens is 416 g/mol. The lowest BCUT2D eigenvalue weighted by molar-refractivity contribution is -0.129. The molecule has 8 nitrogen and oxygen atoms in total. The van der Waals surface area contributed by atoms with Crippen molar-refractivity contribution < 1.29 is 9.59 Å². The molecule has 33 heavy (non-hydrogen) atoms. The third kappa shape index (κ3) is 5.10. The lowest BCUT2D eigenvalue weighted by Crippen LogP contribution is -2.48. The fourth-order valence-electron chi connectivity index (χ4n) is 4.36. The quantitative estimate of drug-likeness (QED) is 0.654. The third-order valence-electron chi connectivity index (χ3n) is 6.47. The molecule has 0 bridgehead atoms. The van der Waals surface area contributed by atoms with E-state index in [-0.39, 0.29) is 17.9 Å². The monoisotopic (exact) mass is 450 g/mol. The first-order valence-corrected chi connectivity index (χ1v) is 11.8. The summed E-state index contributed by atoms with van der Waals surface area (Å²) in [7, 11) is 0. The van der Waals surface area contributed by atoms with Crippen molar-refractivity contribution in [3.05, 3.63) is 46.6 Å². The van der Waals surface area contributed by atoms with Crippen LogP contribution in [0.3, 0.4) is 0 Å². The average molecular weight is 451 g/mol. The van der Waals surface area contributed by atoms with Crippen molar-refractivity contribution in [1.29, 1.82) is 0 Å². The first-order chi connectivity index (χ1) is 15.8. The van der Waals surface area contributed by atoms with E-state index in [0.717, 1.165) is 30.8 Å². The van der Waals surface area contributed by atoms with Crippen molar-refractivity contribution in [3.8, 4) is 0 Å². The maximum atomic E-state index is 13.0. The van der Waals surface area contributed by atoms with Gasteiger partial charge in [0.2, 0.25) is 11.9 Å². The summed E-state index contributed by atoms with van der Waals surface area (Å²) in [6.45, 7) is 11.6. The fourth-order valence-corrected chi connectivity index (χ4v) is 4.36. The van der Waals surface area contributed by atoms with Gasteiger partial charge < -0.3 is 20.0 Å². The number of amides is 2. The number of hydrogen-bond donors (Lipinski definition) is 1. The second-order valence-electron chi connectivity index (χ2n) is 9.24. The molecule has 176 valence electrons. The molecular formula is C25H34N6O2. The van der Waals surface area contributed by atoms with Gasteiger partial charge in [0, 0.05) is 51.3 Å². The van der Waals surface area contributed by atoms with Crippen molar-refractivity contribution in [2.75, 3.05) is 42.9 Å². The molecule has 8 heteroatoms. The van der Waals surface area contributed by atoms with Gasteiger partial charge in [-0.05, 0) is 39.2 Å². The molecule has 0 radical (unpaired) electrons. The van der Waals surface area contributed by atoms with Crippen molar-refractivity contribution in [2.45, 2.75) is 53.1 Å². The van der Waals surface area contributed by atoms with E-state index in [2.05, 4.69) is 46.4 Å². The third-order valence-corrected chi connectivity index (χ3v) is 6.47. The highest BCUT2D eigenvalue weighted by Gasteiger charge is 2.35. The SMILES string of the molecule is CC(=O)N1CCN(c2nc(NCCCc3ccc(C)cc3)c3c(n2)C(=O)N(C(C)C)C3)CC1. The van der Waals surface area contributed by atoms with Gasteiger partial charge in [-0.1, -0.05) is 29.8 Å². The Bertz CT molecular complexity index is 1010. The van der Waals surface area contributed by atoms with E-state index < -0.39 is 0 Å². The lowest BCUT2D eigenvalue weighted by Gasteiger charge is -2.34. The van der Waals surface area contributed by atoms with Gasteiger partial charge >= 0.3 is 0 Å². The van der Waals surface area contributed by atoms with E-state index in [0.29, 0.717) is 44.4 Å². The largest absolute Gasteiger partial charge is 0.370 e. The summed E-state index contributed by atoms with van der Waals surface area (Å²) < 4.78 is 0. The number of aromatic nitrogens is 2. The molecule has 0 aliphatic carbocycles. The molecule has 2 aliphatic heterocycles. The van der Waals surface area contributed by atoms with E-state index >= 15 is 0 Å². The van der Waals surface area contributed by atoms with Crippen molar-refractivity contribution in [3.63, 3.8) is 0 Å². The molecule has 1 saturated heterocycles.